The summed E-state index contributed by atoms with van der Waals surface area (Å²) < 4.78 is 5.30. The van der Waals surface area contributed by atoms with Gasteiger partial charge in [0.25, 0.3) is 6.71 Å². The van der Waals surface area contributed by atoms with Gasteiger partial charge in [-0.05, 0) is 138 Å². The van der Waals surface area contributed by atoms with E-state index in [4.69, 9.17) is 0 Å². The van der Waals surface area contributed by atoms with Crippen LogP contribution in [0.2, 0.25) is 0 Å². The van der Waals surface area contributed by atoms with Gasteiger partial charge >= 0.3 is 0 Å². The molecule has 0 N–H and O–H groups in total. The average molecular weight is 916 g/mol. The Morgan fingerprint density at radius 2 is 0.928 bits per heavy atom. The van der Waals surface area contributed by atoms with Crippen molar-refractivity contribution in [3.05, 3.63) is 180 Å². The standard InChI is InChI=1S/C64H62BN3S/c1-61(2,3)41-20-27-45(28-21-41)66-51-34-26-44(64(10,11)12)38-50(51)65-57-53(66)18-15-19-54(57)67(46-29-22-42(23-30-46)62(4,5)6)58-56-52(68(60(58)65)47-31-24-43(25-32-47)63(7,8)9)35-33-48-49-36-39-16-13-14-17-40(39)37-55(49)69-59(48)56/h13-38H,1-12H3. The molecule has 0 aliphatic carbocycles. The van der Waals surface area contributed by atoms with Crippen LogP contribution in [0, 0.1) is 0 Å². The number of aromatic nitrogens is 1. The van der Waals surface area contributed by atoms with Gasteiger partial charge in [0, 0.05) is 65.3 Å². The smallest absolute Gasteiger partial charge is 0.273 e. The third-order valence-electron chi connectivity index (χ3n) is 15.2. The minimum atomic E-state index is -0.0830. The first kappa shape index (κ1) is 43.7. The molecular formula is C64H62BN3S. The van der Waals surface area contributed by atoms with E-state index in [2.05, 4.69) is 255 Å². The van der Waals surface area contributed by atoms with Crippen LogP contribution in [-0.2, 0) is 21.7 Å². The summed E-state index contributed by atoms with van der Waals surface area (Å²) >= 11 is 1.95. The first-order valence-electron chi connectivity index (χ1n) is 24.9. The van der Waals surface area contributed by atoms with Crippen LogP contribution in [0.4, 0.5) is 34.1 Å². The van der Waals surface area contributed by atoms with Gasteiger partial charge < -0.3 is 14.4 Å². The molecule has 0 fully saturated rings. The molecule has 0 radical (unpaired) electrons. The molecule has 8 aromatic carbocycles. The molecule has 342 valence electrons. The van der Waals surface area contributed by atoms with E-state index in [-0.39, 0.29) is 28.4 Å². The Hall–Kier alpha value is -6.56. The molecule has 2 aliphatic rings. The highest BCUT2D eigenvalue weighted by Gasteiger charge is 2.47. The van der Waals surface area contributed by atoms with Gasteiger partial charge in [-0.15, -0.1) is 11.3 Å². The van der Waals surface area contributed by atoms with E-state index in [0.29, 0.717) is 0 Å². The Kier molecular flexibility index (Phi) is 9.48. The van der Waals surface area contributed by atoms with E-state index >= 15 is 0 Å². The summed E-state index contributed by atoms with van der Waals surface area (Å²) in [7, 11) is 0. The van der Waals surface area contributed by atoms with Crippen molar-refractivity contribution in [1.82, 2.24) is 4.57 Å². The number of hydrogen-bond donors (Lipinski definition) is 0. The number of benzene rings is 8. The quantitative estimate of drug-likeness (QED) is 0.164. The van der Waals surface area contributed by atoms with Crippen molar-refractivity contribution in [2.75, 3.05) is 9.80 Å². The van der Waals surface area contributed by atoms with Gasteiger partial charge in [0.2, 0.25) is 0 Å². The molecule has 0 amide bonds. The van der Waals surface area contributed by atoms with Crippen LogP contribution in [0.1, 0.15) is 105 Å². The lowest BCUT2D eigenvalue weighted by molar-refractivity contribution is 0.590. The second-order valence-electron chi connectivity index (χ2n) is 23.9. The van der Waals surface area contributed by atoms with Crippen LogP contribution in [0.25, 0.3) is 47.5 Å². The second-order valence-corrected chi connectivity index (χ2v) is 25.0. The van der Waals surface area contributed by atoms with Crippen molar-refractivity contribution in [1.29, 1.82) is 0 Å². The number of nitrogens with zero attached hydrogens (tertiary/aromatic N) is 3. The predicted molar refractivity (Wildman–Crippen MR) is 302 cm³/mol. The Bertz CT molecular complexity index is 3690. The zero-order chi connectivity index (χ0) is 48.1. The Morgan fingerprint density at radius 3 is 1.49 bits per heavy atom. The molecule has 69 heavy (non-hydrogen) atoms. The van der Waals surface area contributed by atoms with Crippen LogP contribution in [0.5, 0.6) is 0 Å². The van der Waals surface area contributed by atoms with Gasteiger partial charge in [0.1, 0.15) is 0 Å². The van der Waals surface area contributed by atoms with Gasteiger partial charge in [-0.25, -0.2) is 0 Å². The van der Waals surface area contributed by atoms with Gasteiger partial charge in [-0.2, -0.15) is 0 Å². The van der Waals surface area contributed by atoms with E-state index in [1.54, 1.807) is 0 Å². The number of hydrogen-bond acceptors (Lipinski definition) is 3. The topological polar surface area (TPSA) is 11.4 Å². The van der Waals surface area contributed by atoms with Gasteiger partial charge in [-0.3, -0.25) is 0 Å². The summed E-state index contributed by atoms with van der Waals surface area (Å²) in [4.78, 5) is 5.19. The molecular weight excluding hydrogens is 854 g/mol. The van der Waals surface area contributed by atoms with Crippen molar-refractivity contribution in [3.63, 3.8) is 0 Å². The largest absolute Gasteiger partial charge is 0.319 e. The van der Waals surface area contributed by atoms with Crippen LogP contribution >= 0.6 is 11.3 Å². The minimum Gasteiger partial charge on any atom is -0.319 e. The fourth-order valence-electron chi connectivity index (χ4n) is 11.3. The zero-order valence-corrected chi connectivity index (χ0v) is 43.2. The van der Waals surface area contributed by atoms with Crippen LogP contribution < -0.4 is 26.3 Å². The van der Waals surface area contributed by atoms with Crippen LogP contribution in [0.3, 0.4) is 0 Å². The normalized spacial score (nSPS) is 14.0. The van der Waals surface area contributed by atoms with E-state index in [9.17, 15) is 0 Å². The highest BCUT2D eigenvalue weighted by Crippen LogP contribution is 2.51. The van der Waals surface area contributed by atoms with Crippen molar-refractivity contribution < 1.29 is 0 Å². The number of fused-ring (bicyclic) bond motifs is 11. The molecule has 10 aromatic rings. The van der Waals surface area contributed by atoms with E-state index < -0.39 is 0 Å². The van der Waals surface area contributed by atoms with Crippen molar-refractivity contribution in [2.45, 2.75) is 105 Å². The molecule has 12 rings (SSSR count). The van der Waals surface area contributed by atoms with Crippen molar-refractivity contribution >= 4 is 111 Å². The monoisotopic (exact) mass is 915 g/mol. The Balaban J connectivity index is 1.25. The Labute approximate surface area is 413 Å². The molecule has 0 atom stereocenters. The van der Waals surface area contributed by atoms with Crippen molar-refractivity contribution in [3.8, 4) is 5.69 Å². The summed E-state index contributed by atoms with van der Waals surface area (Å²) in [5.74, 6) is 0. The molecule has 3 nitrogen and oxygen atoms in total. The minimum absolute atomic E-state index is 0.0160. The number of thiophene rings is 1. The molecule has 0 saturated carbocycles. The lowest BCUT2D eigenvalue weighted by Crippen LogP contribution is -2.63. The van der Waals surface area contributed by atoms with Gasteiger partial charge in [0.05, 0.1) is 11.2 Å². The maximum absolute atomic E-state index is 2.65. The maximum Gasteiger partial charge on any atom is 0.273 e. The fraction of sp³-hybridized carbons (Fsp3) is 0.250. The summed E-state index contributed by atoms with van der Waals surface area (Å²) in [5, 5.41) is 6.48. The molecule has 5 heteroatoms. The average Bonchev–Trinajstić information content (AvgIpc) is 3.85. The second kappa shape index (κ2) is 15.0. The van der Waals surface area contributed by atoms with Crippen molar-refractivity contribution in [2.24, 2.45) is 0 Å². The predicted octanol–water partition coefficient (Wildman–Crippen LogP) is 16.4. The first-order chi connectivity index (χ1) is 32.8. The summed E-state index contributed by atoms with van der Waals surface area (Å²) in [6.07, 6.45) is 0. The number of anilines is 6. The molecule has 0 bridgehead atoms. The highest BCUT2D eigenvalue weighted by molar-refractivity contribution is 7.27. The summed E-state index contributed by atoms with van der Waals surface area (Å²) in [6, 6.07) is 61.2. The van der Waals surface area contributed by atoms with Gasteiger partial charge in [0.15, 0.2) is 0 Å². The van der Waals surface area contributed by atoms with E-state index in [0.717, 1.165) is 5.69 Å². The summed E-state index contributed by atoms with van der Waals surface area (Å²) in [6.45, 7) is 27.7. The third-order valence-corrected chi connectivity index (χ3v) is 16.4. The van der Waals surface area contributed by atoms with E-state index in [1.165, 1.54) is 115 Å². The molecule has 4 heterocycles. The molecule has 2 aliphatic heterocycles. The Morgan fingerprint density at radius 1 is 0.420 bits per heavy atom. The van der Waals surface area contributed by atoms with Crippen LogP contribution in [-0.4, -0.2) is 11.3 Å². The van der Waals surface area contributed by atoms with Crippen LogP contribution in [0.15, 0.2) is 158 Å². The molecule has 0 spiro atoms. The fourth-order valence-corrected chi connectivity index (χ4v) is 12.6. The molecule has 2 aromatic heterocycles. The lowest BCUT2D eigenvalue weighted by atomic mass is 9.34. The number of rotatable bonds is 3. The zero-order valence-electron chi connectivity index (χ0n) is 42.3. The highest BCUT2D eigenvalue weighted by atomic mass is 32.1. The summed E-state index contributed by atoms with van der Waals surface area (Å²) in [5.41, 5.74) is 19.0. The molecule has 0 saturated heterocycles. The lowest BCUT2D eigenvalue weighted by Gasteiger charge is -2.44. The molecule has 0 unspecified atom stereocenters. The van der Waals surface area contributed by atoms with Gasteiger partial charge in [-0.1, -0.05) is 168 Å². The SMILES string of the molecule is CC(C)(C)c1ccc(N2c3ccc(C(C)(C)C)cc3B3c4c2cccc4N(c2ccc(C(C)(C)C)cc2)c2c3n(-c3ccc(C(C)(C)C)cc3)c3ccc4c5cc6ccccc6cc5sc4c23)cc1. The third kappa shape index (κ3) is 6.82. The first-order valence-corrected chi connectivity index (χ1v) is 25.7. The van der Waals surface area contributed by atoms with E-state index in [1.807, 2.05) is 11.3 Å². The maximum atomic E-state index is 2.65.